The van der Waals surface area contributed by atoms with Gasteiger partial charge < -0.3 is 9.47 Å². The first-order valence-corrected chi connectivity index (χ1v) is 8.64. The van der Waals surface area contributed by atoms with Crippen LogP contribution in [0.2, 0.25) is 0 Å². The van der Waals surface area contributed by atoms with E-state index in [0.717, 1.165) is 24.8 Å². The number of nitrogens with zero attached hydrogens (tertiary/aromatic N) is 2. The van der Waals surface area contributed by atoms with Gasteiger partial charge in [-0.3, -0.25) is 10.1 Å². The summed E-state index contributed by atoms with van der Waals surface area (Å²) in [5.74, 6) is -0.485. The van der Waals surface area contributed by atoms with Gasteiger partial charge >= 0.3 is 0 Å². The second-order valence-electron chi connectivity index (χ2n) is 6.23. The van der Waals surface area contributed by atoms with E-state index in [1.54, 1.807) is 12.1 Å². The Morgan fingerprint density at radius 1 is 1.23 bits per heavy atom. The van der Waals surface area contributed by atoms with E-state index < -0.39 is 10.8 Å². The van der Waals surface area contributed by atoms with Crippen LogP contribution < -0.4 is 0 Å². The molecule has 0 amide bonds. The molecule has 0 aliphatic carbocycles. The van der Waals surface area contributed by atoms with Crippen LogP contribution in [0.15, 0.2) is 48.5 Å². The average Bonchev–Trinajstić information content (AvgIpc) is 2.68. The monoisotopic (exact) mass is 352 g/mol. The van der Waals surface area contributed by atoms with Crippen molar-refractivity contribution in [3.8, 4) is 6.07 Å². The molecule has 1 aliphatic rings. The third-order valence-corrected chi connectivity index (χ3v) is 4.46. The smallest absolute Gasteiger partial charge is 0.274 e. The Labute approximate surface area is 152 Å². The SMILES string of the molecule is N#CC(c1ccccc1)c1ccc([N+](=O)[O-])c(COC2CCCCO2)c1. The summed E-state index contributed by atoms with van der Waals surface area (Å²) in [4.78, 5) is 10.9. The minimum Gasteiger partial charge on any atom is -0.353 e. The van der Waals surface area contributed by atoms with E-state index in [-0.39, 0.29) is 18.6 Å². The maximum absolute atomic E-state index is 11.3. The number of nitro groups is 1. The first-order valence-electron chi connectivity index (χ1n) is 8.64. The summed E-state index contributed by atoms with van der Waals surface area (Å²) < 4.78 is 11.2. The van der Waals surface area contributed by atoms with Gasteiger partial charge in [0.05, 0.1) is 29.1 Å². The maximum Gasteiger partial charge on any atom is 0.274 e. The Morgan fingerprint density at radius 2 is 2.04 bits per heavy atom. The molecule has 0 saturated carbocycles. The Bertz CT molecular complexity index is 795. The summed E-state index contributed by atoms with van der Waals surface area (Å²) in [7, 11) is 0. The third kappa shape index (κ3) is 4.26. The van der Waals surface area contributed by atoms with Crippen LogP contribution in [0.5, 0.6) is 0 Å². The van der Waals surface area contributed by atoms with Crippen molar-refractivity contribution in [3.05, 3.63) is 75.3 Å². The first-order chi connectivity index (χ1) is 12.7. The molecule has 2 aromatic rings. The van der Waals surface area contributed by atoms with Gasteiger partial charge in [-0.05, 0) is 36.5 Å². The molecule has 3 rings (SSSR count). The number of nitro benzene ring substituents is 1. The maximum atomic E-state index is 11.3. The molecule has 0 aromatic heterocycles. The van der Waals surface area contributed by atoms with Crippen molar-refractivity contribution >= 4 is 5.69 Å². The van der Waals surface area contributed by atoms with E-state index in [2.05, 4.69) is 6.07 Å². The van der Waals surface area contributed by atoms with Gasteiger partial charge in [0.2, 0.25) is 0 Å². The fourth-order valence-electron chi connectivity index (χ4n) is 3.09. The lowest BCUT2D eigenvalue weighted by Gasteiger charge is -2.22. The molecule has 2 unspecified atom stereocenters. The second kappa shape index (κ2) is 8.56. The summed E-state index contributed by atoms with van der Waals surface area (Å²) in [5.41, 5.74) is 2.02. The zero-order valence-electron chi connectivity index (χ0n) is 14.3. The standard InChI is InChI=1S/C20H20N2O4/c21-13-18(15-6-2-1-3-7-15)16-9-10-19(22(23)24)17(12-16)14-26-20-8-4-5-11-25-20/h1-3,6-7,9-10,12,18,20H,4-5,8,11,14H2. The Hall–Kier alpha value is -2.75. The fraction of sp³-hybridized carbons (Fsp3) is 0.350. The van der Waals surface area contributed by atoms with E-state index in [1.807, 2.05) is 30.3 Å². The third-order valence-electron chi connectivity index (χ3n) is 4.46. The zero-order chi connectivity index (χ0) is 18.4. The highest BCUT2D eigenvalue weighted by Crippen LogP contribution is 2.29. The fourth-order valence-corrected chi connectivity index (χ4v) is 3.09. The van der Waals surface area contributed by atoms with Gasteiger partial charge in [-0.2, -0.15) is 5.26 Å². The van der Waals surface area contributed by atoms with E-state index in [0.29, 0.717) is 17.7 Å². The van der Waals surface area contributed by atoms with E-state index in [1.165, 1.54) is 6.07 Å². The van der Waals surface area contributed by atoms with E-state index >= 15 is 0 Å². The molecule has 0 N–H and O–H groups in total. The van der Waals surface area contributed by atoms with Crippen LogP contribution in [0.25, 0.3) is 0 Å². The molecule has 1 aliphatic heterocycles. The van der Waals surface area contributed by atoms with Crippen molar-refractivity contribution in [2.24, 2.45) is 0 Å². The molecule has 1 heterocycles. The van der Waals surface area contributed by atoms with E-state index in [9.17, 15) is 15.4 Å². The van der Waals surface area contributed by atoms with Crippen LogP contribution in [0.1, 0.15) is 41.9 Å². The largest absolute Gasteiger partial charge is 0.353 e. The molecular formula is C20H20N2O4. The van der Waals surface area contributed by atoms with Crippen molar-refractivity contribution < 1.29 is 14.4 Å². The van der Waals surface area contributed by atoms with Crippen LogP contribution in [-0.2, 0) is 16.1 Å². The molecule has 2 aromatic carbocycles. The lowest BCUT2D eigenvalue weighted by Crippen LogP contribution is -2.22. The highest BCUT2D eigenvalue weighted by Gasteiger charge is 2.21. The molecule has 1 fully saturated rings. The second-order valence-corrected chi connectivity index (χ2v) is 6.23. The van der Waals surface area contributed by atoms with Gasteiger partial charge in [0.15, 0.2) is 6.29 Å². The van der Waals surface area contributed by atoms with Crippen LogP contribution in [0.4, 0.5) is 5.69 Å². The molecule has 1 saturated heterocycles. The molecular weight excluding hydrogens is 332 g/mol. The highest BCUT2D eigenvalue weighted by atomic mass is 16.7. The zero-order valence-corrected chi connectivity index (χ0v) is 14.3. The van der Waals surface area contributed by atoms with E-state index in [4.69, 9.17) is 9.47 Å². The summed E-state index contributed by atoms with van der Waals surface area (Å²) in [6.45, 7) is 0.735. The summed E-state index contributed by atoms with van der Waals surface area (Å²) in [5, 5.41) is 20.9. The van der Waals surface area contributed by atoms with Crippen LogP contribution >= 0.6 is 0 Å². The first kappa shape index (κ1) is 18.1. The normalized spacial score (nSPS) is 18.0. The van der Waals surface area contributed by atoms with Crippen molar-refractivity contribution in [2.75, 3.05) is 6.61 Å². The number of hydrogen-bond donors (Lipinski definition) is 0. The van der Waals surface area contributed by atoms with Crippen molar-refractivity contribution in [2.45, 2.75) is 38.1 Å². The number of nitriles is 1. The van der Waals surface area contributed by atoms with Gasteiger partial charge in [0, 0.05) is 12.7 Å². The molecule has 0 bridgehead atoms. The van der Waals surface area contributed by atoms with Crippen molar-refractivity contribution in [3.63, 3.8) is 0 Å². The van der Waals surface area contributed by atoms with Gasteiger partial charge in [-0.1, -0.05) is 36.4 Å². The number of benzene rings is 2. The highest BCUT2D eigenvalue weighted by molar-refractivity contribution is 5.47. The Morgan fingerprint density at radius 3 is 2.69 bits per heavy atom. The van der Waals surface area contributed by atoms with Gasteiger partial charge in [-0.25, -0.2) is 0 Å². The predicted octanol–water partition coefficient (Wildman–Crippen LogP) is 4.29. The molecule has 0 radical (unpaired) electrons. The summed E-state index contributed by atoms with van der Waals surface area (Å²) >= 11 is 0. The molecule has 26 heavy (non-hydrogen) atoms. The van der Waals surface area contributed by atoms with Crippen LogP contribution in [0, 0.1) is 21.4 Å². The topological polar surface area (TPSA) is 85.4 Å². The van der Waals surface area contributed by atoms with Gasteiger partial charge in [0.1, 0.15) is 0 Å². The van der Waals surface area contributed by atoms with Gasteiger partial charge in [-0.15, -0.1) is 0 Å². The quantitative estimate of drug-likeness (QED) is 0.572. The van der Waals surface area contributed by atoms with Crippen molar-refractivity contribution in [1.82, 2.24) is 0 Å². The number of hydrogen-bond acceptors (Lipinski definition) is 5. The minimum absolute atomic E-state index is 0.00527. The number of rotatable bonds is 6. The van der Waals surface area contributed by atoms with Crippen LogP contribution in [-0.4, -0.2) is 17.8 Å². The van der Waals surface area contributed by atoms with Crippen molar-refractivity contribution in [1.29, 1.82) is 5.26 Å². The number of ether oxygens (including phenoxy) is 2. The van der Waals surface area contributed by atoms with Crippen LogP contribution in [0.3, 0.4) is 0 Å². The molecule has 0 spiro atoms. The summed E-state index contributed by atoms with van der Waals surface area (Å²) in [6.07, 6.45) is 2.50. The lowest BCUT2D eigenvalue weighted by molar-refractivity contribution is -0.386. The Balaban J connectivity index is 1.85. The minimum atomic E-state index is -0.485. The summed E-state index contributed by atoms with van der Waals surface area (Å²) in [6, 6.07) is 16.4. The lowest BCUT2D eigenvalue weighted by atomic mass is 9.91. The van der Waals surface area contributed by atoms with Gasteiger partial charge in [0.25, 0.3) is 5.69 Å². The molecule has 6 nitrogen and oxygen atoms in total. The average molecular weight is 352 g/mol. The molecule has 2 atom stereocenters. The molecule has 134 valence electrons. The Kier molecular flexibility index (Phi) is 5.95. The predicted molar refractivity (Wildman–Crippen MR) is 95.4 cm³/mol. The molecule has 6 heteroatoms.